The number of nitrogen functional groups attached to an aromatic ring is 1. The van der Waals surface area contributed by atoms with Gasteiger partial charge in [0.05, 0.1) is 18.3 Å². The molecule has 4 nitrogen and oxygen atoms in total. The van der Waals surface area contributed by atoms with Gasteiger partial charge in [0.1, 0.15) is 10.8 Å². The molecule has 0 aliphatic rings. The summed E-state index contributed by atoms with van der Waals surface area (Å²) >= 11 is 5.89. The molecular weight excluding hydrogens is 248 g/mol. The van der Waals surface area contributed by atoms with E-state index in [-0.39, 0.29) is 0 Å². The third kappa shape index (κ3) is 1.80. The van der Waals surface area contributed by atoms with Crippen LogP contribution >= 0.6 is 11.6 Å². The number of pyridine rings is 1. The van der Waals surface area contributed by atoms with Gasteiger partial charge in [0.2, 0.25) is 0 Å². The average molecular weight is 259 g/mol. The zero-order chi connectivity index (χ0) is 12.5. The van der Waals surface area contributed by atoms with E-state index in [1.54, 1.807) is 17.1 Å². The van der Waals surface area contributed by atoms with Gasteiger partial charge in [-0.15, -0.1) is 0 Å². The molecule has 0 aliphatic carbocycles. The number of fused-ring (bicyclic) bond motifs is 1. The summed E-state index contributed by atoms with van der Waals surface area (Å²) in [6.07, 6.45) is 3.35. The smallest absolute Gasteiger partial charge is 0.140 e. The molecule has 0 radical (unpaired) electrons. The fourth-order valence-electron chi connectivity index (χ4n) is 1.95. The van der Waals surface area contributed by atoms with Crippen molar-refractivity contribution < 1.29 is 0 Å². The molecule has 0 amide bonds. The highest BCUT2D eigenvalue weighted by Gasteiger charge is 2.07. The van der Waals surface area contributed by atoms with Crippen molar-refractivity contribution in [3.8, 4) is 0 Å². The zero-order valence-corrected chi connectivity index (χ0v) is 10.3. The summed E-state index contributed by atoms with van der Waals surface area (Å²) in [5.74, 6) is 0.484. The normalized spacial score (nSPS) is 10.9. The van der Waals surface area contributed by atoms with E-state index in [9.17, 15) is 0 Å². The Balaban J connectivity index is 2.08. The Morgan fingerprint density at radius 3 is 2.83 bits per heavy atom. The Morgan fingerprint density at radius 2 is 2.06 bits per heavy atom. The molecule has 0 saturated heterocycles. The topological polar surface area (TPSA) is 56.7 Å². The molecule has 18 heavy (non-hydrogen) atoms. The van der Waals surface area contributed by atoms with E-state index in [0.29, 0.717) is 17.4 Å². The molecular formula is C13H11ClN4. The van der Waals surface area contributed by atoms with Gasteiger partial charge >= 0.3 is 0 Å². The van der Waals surface area contributed by atoms with Crippen molar-refractivity contribution in [3.05, 3.63) is 53.3 Å². The van der Waals surface area contributed by atoms with E-state index >= 15 is 0 Å². The summed E-state index contributed by atoms with van der Waals surface area (Å²) < 4.78 is 1.68. The lowest BCUT2D eigenvalue weighted by molar-refractivity contribution is 0.700. The number of hydrogen-bond donors (Lipinski definition) is 1. The monoisotopic (exact) mass is 258 g/mol. The van der Waals surface area contributed by atoms with Crippen molar-refractivity contribution in [1.29, 1.82) is 0 Å². The number of nitrogens with zero attached hydrogens (tertiary/aromatic N) is 3. The largest absolute Gasteiger partial charge is 0.383 e. The first-order chi connectivity index (χ1) is 8.75. The lowest BCUT2D eigenvalue weighted by Crippen LogP contribution is -2.06. The Bertz CT molecular complexity index is 700. The van der Waals surface area contributed by atoms with Gasteiger partial charge in [-0.05, 0) is 17.7 Å². The molecule has 0 saturated carbocycles. The molecule has 0 spiro atoms. The SMILES string of the molecule is Nc1c(Cl)cnn1Cc1ccnc2ccccc12. The van der Waals surface area contributed by atoms with Crippen LogP contribution in [-0.4, -0.2) is 14.8 Å². The molecule has 0 bridgehead atoms. The van der Waals surface area contributed by atoms with Gasteiger partial charge in [-0.3, -0.25) is 4.98 Å². The second-order valence-corrected chi connectivity index (χ2v) is 4.43. The zero-order valence-electron chi connectivity index (χ0n) is 9.55. The second-order valence-electron chi connectivity index (χ2n) is 4.02. The number of hydrogen-bond acceptors (Lipinski definition) is 3. The predicted octanol–water partition coefficient (Wildman–Crippen LogP) is 2.72. The highest BCUT2D eigenvalue weighted by molar-refractivity contribution is 6.32. The Labute approximate surface area is 109 Å². The van der Waals surface area contributed by atoms with Crippen LogP contribution in [0.3, 0.4) is 0 Å². The van der Waals surface area contributed by atoms with Crippen molar-refractivity contribution in [2.45, 2.75) is 6.54 Å². The molecule has 0 fully saturated rings. The van der Waals surface area contributed by atoms with E-state index in [1.165, 1.54) is 0 Å². The van der Waals surface area contributed by atoms with E-state index in [4.69, 9.17) is 17.3 Å². The molecule has 0 atom stereocenters. The van der Waals surface area contributed by atoms with E-state index in [0.717, 1.165) is 16.5 Å². The first kappa shape index (κ1) is 11.0. The minimum absolute atomic E-state index is 0.480. The Hall–Kier alpha value is -2.07. The summed E-state index contributed by atoms with van der Waals surface area (Å²) in [5.41, 5.74) is 7.93. The first-order valence-electron chi connectivity index (χ1n) is 5.55. The van der Waals surface area contributed by atoms with Crippen LogP contribution in [0.15, 0.2) is 42.7 Å². The molecule has 0 aliphatic heterocycles. The molecule has 90 valence electrons. The van der Waals surface area contributed by atoms with Gasteiger partial charge in [0, 0.05) is 11.6 Å². The van der Waals surface area contributed by atoms with Crippen molar-refractivity contribution in [1.82, 2.24) is 14.8 Å². The molecule has 0 unspecified atom stereocenters. The average Bonchev–Trinajstić information content (AvgIpc) is 2.71. The number of rotatable bonds is 2. The summed E-state index contributed by atoms with van der Waals surface area (Å²) in [5, 5.41) is 5.74. The van der Waals surface area contributed by atoms with Crippen LogP contribution in [0.2, 0.25) is 5.02 Å². The number of anilines is 1. The minimum Gasteiger partial charge on any atom is -0.383 e. The number of benzene rings is 1. The highest BCUT2D eigenvalue weighted by atomic mass is 35.5. The van der Waals surface area contributed by atoms with Gasteiger partial charge in [0.25, 0.3) is 0 Å². The van der Waals surface area contributed by atoms with Crippen LogP contribution in [-0.2, 0) is 6.54 Å². The lowest BCUT2D eigenvalue weighted by atomic mass is 10.1. The van der Waals surface area contributed by atoms with E-state index in [1.807, 2.05) is 30.3 Å². The van der Waals surface area contributed by atoms with Crippen molar-refractivity contribution in [2.75, 3.05) is 5.73 Å². The van der Waals surface area contributed by atoms with Gasteiger partial charge in [-0.25, -0.2) is 4.68 Å². The molecule has 2 aromatic heterocycles. The quantitative estimate of drug-likeness (QED) is 0.769. The van der Waals surface area contributed by atoms with Gasteiger partial charge in [-0.2, -0.15) is 5.10 Å². The standard InChI is InChI=1S/C13H11ClN4/c14-11-7-17-18(13(11)15)8-9-5-6-16-12-4-2-1-3-10(9)12/h1-7H,8,15H2. The number of para-hydroxylation sites is 1. The van der Waals surface area contributed by atoms with Crippen LogP contribution < -0.4 is 5.73 Å². The molecule has 3 rings (SSSR count). The van der Waals surface area contributed by atoms with Gasteiger partial charge in [-0.1, -0.05) is 29.8 Å². The van der Waals surface area contributed by atoms with Crippen LogP contribution in [0.1, 0.15) is 5.56 Å². The summed E-state index contributed by atoms with van der Waals surface area (Å²) in [6.45, 7) is 0.585. The maximum absolute atomic E-state index is 5.89. The summed E-state index contributed by atoms with van der Waals surface area (Å²) in [4.78, 5) is 4.32. The summed E-state index contributed by atoms with van der Waals surface area (Å²) in [6, 6.07) is 9.96. The number of halogens is 1. The number of aromatic nitrogens is 3. The number of nitrogens with two attached hydrogens (primary N) is 1. The third-order valence-corrected chi connectivity index (χ3v) is 3.18. The minimum atomic E-state index is 0.480. The molecule has 3 aromatic rings. The Morgan fingerprint density at radius 1 is 1.22 bits per heavy atom. The third-order valence-electron chi connectivity index (χ3n) is 2.89. The van der Waals surface area contributed by atoms with Gasteiger partial charge < -0.3 is 5.73 Å². The molecule has 5 heteroatoms. The van der Waals surface area contributed by atoms with Crippen molar-refractivity contribution in [2.24, 2.45) is 0 Å². The van der Waals surface area contributed by atoms with Crippen LogP contribution in [0.4, 0.5) is 5.82 Å². The fourth-order valence-corrected chi connectivity index (χ4v) is 2.09. The molecule has 1 aromatic carbocycles. The molecule has 2 heterocycles. The van der Waals surface area contributed by atoms with Crippen LogP contribution in [0, 0.1) is 0 Å². The van der Waals surface area contributed by atoms with Crippen LogP contribution in [0.25, 0.3) is 10.9 Å². The first-order valence-corrected chi connectivity index (χ1v) is 5.93. The Kier molecular flexibility index (Phi) is 2.64. The van der Waals surface area contributed by atoms with Crippen LogP contribution in [0.5, 0.6) is 0 Å². The second kappa shape index (κ2) is 4.31. The van der Waals surface area contributed by atoms with Crippen molar-refractivity contribution in [3.63, 3.8) is 0 Å². The predicted molar refractivity (Wildman–Crippen MR) is 72.5 cm³/mol. The maximum Gasteiger partial charge on any atom is 0.140 e. The van der Waals surface area contributed by atoms with E-state index < -0.39 is 0 Å². The lowest BCUT2D eigenvalue weighted by Gasteiger charge is -2.07. The van der Waals surface area contributed by atoms with E-state index in [2.05, 4.69) is 10.1 Å². The maximum atomic E-state index is 5.89. The fraction of sp³-hybridized carbons (Fsp3) is 0.0769. The highest BCUT2D eigenvalue weighted by Crippen LogP contribution is 2.21. The molecule has 2 N–H and O–H groups in total. The van der Waals surface area contributed by atoms with Gasteiger partial charge in [0.15, 0.2) is 0 Å². The summed E-state index contributed by atoms with van der Waals surface area (Å²) in [7, 11) is 0. The van der Waals surface area contributed by atoms with Crippen molar-refractivity contribution >= 4 is 28.3 Å².